The van der Waals surface area contributed by atoms with Crippen molar-refractivity contribution in [3.63, 3.8) is 0 Å². The van der Waals surface area contributed by atoms with Crippen LogP contribution in [0.25, 0.3) is 0 Å². The van der Waals surface area contributed by atoms with Crippen molar-refractivity contribution in [3.05, 3.63) is 0 Å². The summed E-state index contributed by atoms with van der Waals surface area (Å²) in [6, 6.07) is -1.55. The highest BCUT2D eigenvalue weighted by Gasteiger charge is 2.23. The predicted molar refractivity (Wildman–Crippen MR) is 170 cm³/mol. The molecule has 0 aliphatic carbocycles. The zero-order valence-corrected chi connectivity index (χ0v) is 27.5. The zero-order chi connectivity index (χ0) is 27.1. The third kappa shape index (κ3) is 36.5. The Bertz CT molecular complexity index is 495. The number of unbranched alkanes of at least 4 members (excludes halogenated alkanes) is 27. The van der Waals surface area contributed by atoms with E-state index in [0.29, 0.717) is 6.54 Å². The molecular weight excluding hydrogens is 537 g/mol. The summed E-state index contributed by atoms with van der Waals surface area (Å²) < 4.78 is 0. The summed E-state index contributed by atoms with van der Waals surface area (Å²) in [5.41, 5.74) is 0. The number of aliphatic imine (C=N–C) groups is 1. The molecule has 220 valence electrons. The van der Waals surface area contributed by atoms with Crippen LogP contribution in [0.3, 0.4) is 0 Å². The van der Waals surface area contributed by atoms with Crippen LogP contribution in [0.5, 0.6) is 0 Å². The summed E-state index contributed by atoms with van der Waals surface area (Å²) in [6.07, 6.45) is 40.1. The zero-order valence-electron chi connectivity index (χ0n) is 24.2. The predicted octanol–water partition coefficient (Wildman–Crippen LogP) is 12.9. The van der Waals surface area contributed by atoms with Crippen LogP contribution in [0.4, 0.5) is 0 Å². The van der Waals surface area contributed by atoms with Crippen LogP contribution in [-0.4, -0.2) is 18.6 Å². The van der Waals surface area contributed by atoms with Gasteiger partial charge in [-0.1, -0.05) is 173 Å². The Morgan fingerprint density at radius 1 is 0.378 bits per heavy atom. The molecule has 0 fully saturated rings. The van der Waals surface area contributed by atoms with Crippen molar-refractivity contribution in [3.8, 4) is 0 Å². The fraction of sp³-hybridized carbons (Fsp3) is 0.968. The summed E-state index contributed by atoms with van der Waals surface area (Å²) in [5, 5.41) is 0. The SMILES string of the molecule is O=C=NCCCCCCCCCCCCCCCCCCCCCCCCCCCCCC[Si](Cl)(Cl)Cl. The molecule has 0 aromatic heterocycles. The van der Waals surface area contributed by atoms with Crippen LogP contribution in [0, 0.1) is 0 Å². The van der Waals surface area contributed by atoms with Gasteiger partial charge in [0.25, 0.3) is 0 Å². The van der Waals surface area contributed by atoms with E-state index in [1.807, 2.05) is 0 Å². The second-order valence-electron chi connectivity index (χ2n) is 11.2. The van der Waals surface area contributed by atoms with Crippen molar-refractivity contribution in [1.29, 1.82) is 0 Å². The van der Waals surface area contributed by atoms with Crippen LogP contribution in [0.2, 0.25) is 6.04 Å². The Morgan fingerprint density at radius 2 is 0.595 bits per heavy atom. The minimum Gasteiger partial charge on any atom is -0.211 e. The molecule has 37 heavy (non-hydrogen) atoms. The molecule has 0 amide bonds. The third-order valence-electron chi connectivity index (χ3n) is 7.54. The van der Waals surface area contributed by atoms with E-state index in [-0.39, 0.29) is 0 Å². The van der Waals surface area contributed by atoms with E-state index in [2.05, 4.69) is 4.99 Å². The van der Waals surface area contributed by atoms with Crippen molar-refractivity contribution in [2.24, 2.45) is 4.99 Å². The lowest BCUT2D eigenvalue weighted by Crippen LogP contribution is -2.07. The van der Waals surface area contributed by atoms with Gasteiger partial charge in [-0.3, -0.25) is 0 Å². The number of rotatable bonds is 31. The third-order valence-corrected chi connectivity index (χ3v) is 10.2. The fourth-order valence-corrected chi connectivity index (χ4v) is 7.01. The van der Waals surface area contributed by atoms with Gasteiger partial charge in [0.15, 0.2) is 0 Å². The smallest absolute Gasteiger partial charge is 0.211 e. The van der Waals surface area contributed by atoms with Gasteiger partial charge >= 0.3 is 6.00 Å². The maximum absolute atomic E-state index is 9.98. The van der Waals surface area contributed by atoms with Crippen LogP contribution in [-0.2, 0) is 4.79 Å². The first-order valence-corrected chi connectivity index (χ1v) is 21.4. The van der Waals surface area contributed by atoms with E-state index in [0.717, 1.165) is 18.9 Å². The Morgan fingerprint density at radius 3 is 0.811 bits per heavy atom. The van der Waals surface area contributed by atoms with E-state index in [9.17, 15) is 4.79 Å². The van der Waals surface area contributed by atoms with Gasteiger partial charge in [-0.2, -0.15) is 0 Å². The van der Waals surface area contributed by atoms with Gasteiger partial charge in [-0.05, 0) is 12.5 Å². The minimum atomic E-state index is -2.37. The van der Waals surface area contributed by atoms with Crippen molar-refractivity contribution in [2.45, 2.75) is 186 Å². The monoisotopic (exact) mass is 595 g/mol. The highest BCUT2D eigenvalue weighted by atomic mass is 35.8. The van der Waals surface area contributed by atoms with Crippen molar-refractivity contribution < 1.29 is 4.79 Å². The van der Waals surface area contributed by atoms with Gasteiger partial charge in [0.05, 0.1) is 6.54 Å². The molecular formula is C31H60Cl3NOSi. The maximum Gasteiger partial charge on any atom is 0.341 e. The molecule has 0 atom stereocenters. The second-order valence-corrected chi connectivity index (χ2v) is 20.5. The van der Waals surface area contributed by atoms with E-state index in [4.69, 9.17) is 33.2 Å². The Hall–Kier alpha value is 0.467. The van der Waals surface area contributed by atoms with E-state index >= 15 is 0 Å². The number of hydrogen-bond acceptors (Lipinski definition) is 2. The van der Waals surface area contributed by atoms with Crippen LogP contribution >= 0.6 is 33.2 Å². The standard InChI is InChI=1S/C31H60Cl3NOSi/c32-37(33,34)30-28-26-24-22-20-18-16-14-12-10-8-6-4-2-1-3-5-7-9-11-13-15-17-19-21-23-25-27-29-35-31-36/h1-30H2. The molecule has 0 aromatic rings. The molecule has 0 heterocycles. The average molecular weight is 597 g/mol. The molecule has 2 nitrogen and oxygen atoms in total. The average Bonchev–Trinajstić information content (AvgIpc) is 2.86. The summed E-state index contributed by atoms with van der Waals surface area (Å²) in [5.74, 6) is 0. The molecule has 0 aromatic carbocycles. The summed E-state index contributed by atoms with van der Waals surface area (Å²) >= 11 is 17.7. The van der Waals surface area contributed by atoms with Gasteiger partial charge < -0.3 is 0 Å². The minimum absolute atomic E-state index is 0.663. The lowest BCUT2D eigenvalue weighted by atomic mass is 10.0. The van der Waals surface area contributed by atoms with Crippen molar-refractivity contribution in [1.82, 2.24) is 0 Å². The molecule has 0 bridgehead atoms. The van der Waals surface area contributed by atoms with Gasteiger partial charge in [-0.15, -0.1) is 33.2 Å². The molecule has 0 N–H and O–H groups in total. The van der Waals surface area contributed by atoms with Gasteiger partial charge in [0.1, 0.15) is 0 Å². The van der Waals surface area contributed by atoms with Crippen LogP contribution in [0.1, 0.15) is 180 Å². The molecule has 0 radical (unpaired) electrons. The fourth-order valence-electron chi connectivity index (χ4n) is 5.16. The van der Waals surface area contributed by atoms with Crippen molar-refractivity contribution >= 4 is 45.3 Å². The molecule has 0 unspecified atom stereocenters. The summed E-state index contributed by atoms with van der Waals surface area (Å²) in [6.45, 7) is 0.663. The van der Waals surface area contributed by atoms with Gasteiger partial charge in [0, 0.05) is 0 Å². The Labute approximate surface area is 246 Å². The van der Waals surface area contributed by atoms with Gasteiger partial charge in [0.2, 0.25) is 6.08 Å². The lowest BCUT2D eigenvalue weighted by molar-refractivity contribution is 0.514. The Balaban J connectivity index is 3.05. The molecule has 0 spiro atoms. The topological polar surface area (TPSA) is 29.4 Å². The Kier molecular flexibility index (Phi) is 31.4. The summed E-state index contributed by atoms with van der Waals surface area (Å²) in [4.78, 5) is 13.6. The molecule has 0 aliphatic rings. The second kappa shape index (κ2) is 31.0. The maximum atomic E-state index is 9.98. The number of carbonyl (C=O) groups excluding carboxylic acids is 1. The van der Waals surface area contributed by atoms with Crippen molar-refractivity contribution in [2.75, 3.05) is 6.54 Å². The number of nitrogens with zero attached hydrogens (tertiary/aromatic N) is 1. The lowest BCUT2D eigenvalue weighted by Gasteiger charge is -2.07. The number of isocyanates is 1. The molecule has 0 saturated carbocycles. The highest BCUT2D eigenvalue weighted by molar-refractivity contribution is 7.64. The number of halogens is 3. The first kappa shape index (κ1) is 37.5. The molecule has 0 saturated heterocycles. The van der Waals surface area contributed by atoms with E-state index < -0.39 is 6.00 Å². The largest absolute Gasteiger partial charge is 0.341 e. The number of hydrogen-bond donors (Lipinski definition) is 0. The molecule has 0 aliphatic heterocycles. The van der Waals surface area contributed by atoms with E-state index in [1.165, 1.54) is 167 Å². The van der Waals surface area contributed by atoms with Gasteiger partial charge in [-0.25, -0.2) is 9.79 Å². The van der Waals surface area contributed by atoms with Crippen LogP contribution < -0.4 is 0 Å². The molecule has 6 heteroatoms. The highest BCUT2D eigenvalue weighted by Crippen LogP contribution is 2.27. The van der Waals surface area contributed by atoms with Crippen LogP contribution in [0.15, 0.2) is 4.99 Å². The molecule has 0 rings (SSSR count). The first-order chi connectivity index (χ1) is 18.1. The van der Waals surface area contributed by atoms with E-state index in [1.54, 1.807) is 6.08 Å². The summed E-state index contributed by atoms with van der Waals surface area (Å²) in [7, 11) is 0. The quantitative estimate of drug-likeness (QED) is 0.0257. The normalized spacial score (nSPS) is 11.6. The first-order valence-electron chi connectivity index (χ1n) is 16.2.